The number of rotatable bonds is 21. The molecule has 0 radical (unpaired) electrons. The highest BCUT2D eigenvalue weighted by atomic mass is 35.5. The quantitative estimate of drug-likeness (QED) is 0.0412. The molecule has 0 bridgehead atoms. The first-order valence-electron chi connectivity index (χ1n) is 21.7. The van der Waals surface area contributed by atoms with Crippen molar-refractivity contribution in [3.8, 4) is 11.5 Å². The van der Waals surface area contributed by atoms with Gasteiger partial charge >= 0.3 is 12.1 Å². The summed E-state index contributed by atoms with van der Waals surface area (Å²) in [5.74, 6) is -3.89. The Balaban J connectivity index is 1.16. The number of carbonyl (C=O) groups excluding carboxylic acids is 4. The van der Waals surface area contributed by atoms with Gasteiger partial charge in [-0.3, -0.25) is 14.4 Å². The topological polar surface area (TPSA) is 185 Å². The van der Waals surface area contributed by atoms with Crippen LogP contribution in [0.5, 0.6) is 11.5 Å². The molecule has 350 valence electrons. The maximum atomic E-state index is 15.5. The number of nitrogens with one attached hydrogen (secondary N) is 1. The monoisotopic (exact) mass is 926 g/mol. The molecular weight excluding hydrogens is 874 g/mol. The predicted octanol–water partition coefficient (Wildman–Crippen LogP) is 6.34. The normalized spacial score (nSPS) is 22.8. The highest BCUT2D eigenvalue weighted by Gasteiger charge is 2.75. The predicted molar refractivity (Wildman–Crippen MR) is 228 cm³/mol. The second-order valence-electron chi connectivity index (χ2n) is 17.0. The van der Waals surface area contributed by atoms with E-state index < -0.39 is 63.1 Å². The number of likely N-dealkylation sites (tertiary alicyclic amines) is 1. The van der Waals surface area contributed by atoms with Gasteiger partial charge in [-0.15, -0.1) is 10.1 Å². The fourth-order valence-electron chi connectivity index (χ4n) is 10.1. The molecular formula is C46H53ClF2N4O12. The molecule has 4 fully saturated rings. The Hall–Kier alpha value is -5.75. The lowest BCUT2D eigenvalue weighted by molar-refractivity contribution is -0.758. The summed E-state index contributed by atoms with van der Waals surface area (Å²) in [5, 5.41) is 11.8. The number of nitrogens with zero attached hydrogens (tertiary/aromatic N) is 3. The third kappa shape index (κ3) is 10.4. The largest absolute Gasteiger partial charge is 0.496 e. The molecule has 3 aromatic rings. The van der Waals surface area contributed by atoms with E-state index in [0.717, 1.165) is 53.0 Å². The summed E-state index contributed by atoms with van der Waals surface area (Å²) in [5.41, 5.74) is 3.03. The van der Waals surface area contributed by atoms with Crippen molar-refractivity contribution >= 4 is 35.5 Å². The van der Waals surface area contributed by atoms with Gasteiger partial charge in [-0.1, -0.05) is 48.0 Å². The van der Waals surface area contributed by atoms with Crippen LogP contribution in [0, 0.1) is 45.9 Å². The van der Waals surface area contributed by atoms with E-state index in [4.69, 9.17) is 35.3 Å². The smallest absolute Gasteiger partial charge is 0.410 e. The van der Waals surface area contributed by atoms with Crippen LogP contribution in [0.3, 0.4) is 0 Å². The van der Waals surface area contributed by atoms with Crippen molar-refractivity contribution in [2.24, 2.45) is 17.3 Å². The standard InChI is InChI=1S/C46H53ClF2N4O12/c1-27-21-29(8-15-36(27)60-2)26-51(32-11-12-32)44(56)39-33(30-9-6-28(7-10-30)5-4-16-63-41-35(49)14-13-34(48)40(41)47)24-46-23-31(43(55)50-25-38(54)61-3)22-37(46)52(42(39)46)45(57)64-19-17-62-18-20-65-53(58)59/h6-10,13-15,21,31-33,37,39,42H,4-5,11-12,16-20,22-26H2,1-3H3,(H,50,55). The summed E-state index contributed by atoms with van der Waals surface area (Å²) < 4.78 is 55.1. The van der Waals surface area contributed by atoms with E-state index in [1.807, 2.05) is 54.3 Å². The number of esters is 1. The molecule has 6 unspecified atom stereocenters. The molecule has 7 rings (SSSR count). The Morgan fingerprint density at radius 2 is 1.68 bits per heavy atom. The van der Waals surface area contributed by atoms with Crippen LogP contribution >= 0.6 is 11.6 Å². The van der Waals surface area contributed by atoms with E-state index >= 15 is 4.79 Å². The van der Waals surface area contributed by atoms with Gasteiger partial charge in [0.25, 0.3) is 5.09 Å². The molecule has 1 spiro atoms. The number of benzene rings is 3. The third-order valence-electron chi connectivity index (χ3n) is 13.1. The van der Waals surface area contributed by atoms with Crippen LogP contribution in [-0.2, 0) is 46.4 Å². The van der Waals surface area contributed by atoms with Crippen molar-refractivity contribution in [2.75, 3.05) is 53.8 Å². The van der Waals surface area contributed by atoms with E-state index in [1.165, 1.54) is 7.11 Å². The SMILES string of the molecule is COC(=O)CNC(=O)C1CC2N(C(=O)OCCOCCO[N+](=O)[O-])C3C(C(=O)N(Cc4ccc(OC)c(C)c4)C4CC4)C(c4ccc(CCCOc5c(F)ccc(F)c5Cl)cc4)CC23C1. The lowest BCUT2D eigenvalue weighted by atomic mass is 9.66. The zero-order chi connectivity index (χ0) is 46.4. The maximum Gasteiger partial charge on any atom is 0.410 e. The number of amides is 3. The van der Waals surface area contributed by atoms with Gasteiger partial charge < -0.3 is 43.6 Å². The van der Waals surface area contributed by atoms with Crippen molar-refractivity contribution in [2.45, 2.75) is 82.5 Å². The van der Waals surface area contributed by atoms with E-state index in [9.17, 15) is 33.3 Å². The zero-order valence-corrected chi connectivity index (χ0v) is 37.2. The average Bonchev–Trinajstić information content (AvgIpc) is 4.04. The van der Waals surface area contributed by atoms with Crippen LogP contribution in [0.2, 0.25) is 5.02 Å². The molecule has 3 aromatic carbocycles. The van der Waals surface area contributed by atoms with Gasteiger partial charge in [0, 0.05) is 30.0 Å². The Morgan fingerprint density at radius 1 is 0.954 bits per heavy atom. The Bertz CT molecular complexity index is 2250. The molecule has 16 nitrogen and oxygen atoms in total. The lowest BCUT2D eigenvalue weighted by Gasteiger charge is -2.58. The molecule has 3 amide bonds. The van der Waals surface area contributed by atoms with Gasteiger partial charge in [0.15, 0.2) is 11.6 Å². The molecule has 4 aliphatic rings. The molecule has 3 aliphatic carbocycles. The van der Waals surface area contributed by atoms with Crippen LogP contribution in [-0.4, -0.2) is 111 Å². The first kappa shape index (κ1) is 47.2. The minimum atomic E-state index is -0.927. The number of hydrogen-bond acceptors (Lipinski definition) is 12. The first-order chi connectivity index (χ1) is 31.3. The molecule has 65 heavy (non-hydrogen) atoms. The summed E-state index contributed by atoms with van der Waals surface area (Å²) in [6.45, 7) is 1.43. The highest BCUT2D eigenvalue weighted by Crippen LogP contribution is 2.69. The number of hydrogen-bond donors (Lipinski definition) is 1. The summed E-state index contributed by atoms with van der Waals surface area (Å²) in [6.07, 6.45) is 3.15. The second-order valence-corrected chi connectivity index (χ2v) is 17.4. The molecule has 1 aliphatic heterocycles. The summed E-state index contributed by atoms with van der Waals surface area (Å²) in [4.78, 5) is 73.6. The molecule has 1 heterocycles. The van der Waals surface area contributed by atoms with Crippen LogP contribution in [0.15, 0.2) is 54.6 Å². The van der Waals surface area contributed by atoms with Gasteiger partial charge in [-0.2, -0.15) is 0 Å². The van der Waals surface area contributed by atoms with Crippen LogP contribution in [0.4, 0.5) is 13.6 Å². The summed E-state index contributed by atoms with van der Waals surface area (Å²) in [6, 6.07) is 14.5. The summed E-state index contributed by atoms with van der Waals surface area (Å²) >= 11 is 5.93. The third-order valence-corrected chi connectivity index (χ3v) is 13.5. The Morgan fingerprint density at radius 3 is 2.37 bits per heavy atom. The van der Waals surface area contributed by atoms with Crippen molar-refractivity contribution in [1.82, 2.24) is 15.1 Å². The lowest BCUT2D eigenvalue weighted by Crippen LogP contribution is -2.71. The van der Waals surface area contributed by atoms with Crippen LogP contribution in [0.1, 0.15) is 66.7 Å². The number of aryl methyl sites for hydroxylation is 2. The number of ether oxygens (including phenoxy) is 5. The average molecular weight is 927 g/mol. The van der Waals surface area contributed by atoms with Crippen molar-refractivity contribution < 1.29 is 61.6 Å². The van der Waals surface area contributed by atoms with Gasteiger partial charge in [-0.25, -0.2) is 13.6 Å². The Kier molecular flexibility index (Phi) is 15.0. The van der Waals surface area contributed by atoms with Crippen molar-refractivity contribution in [3.63, 3.8) is 0 Å². The molecule has 19 heteroatoms. The minimum Gasteiger partial charge on any atom is -0.496 e. The van der Waals surface area contributed by atoms with E-state index in [1.54, 1.807) is 12.0 Å². The van der Waals surface area contributed by atoms with Crippen molar-refractivity contribution in [1.29, 1.82) is 0 Å². The molecule has 1 saturated heterocycles. The molecule has 1 N–H and O–H groups in total. The van der Waals surface area contributed by atoms with Crippen LogP contribution in [0.25, 0.3) is 0 Å². The molecule has 0 aromatic heterocycles. The van der Waals surface area contributed by atoms with Crippen LogP contribution < -0.4 is 14.8 Å². The van der Waals surface area contributed by atoms with Gasteiger partial charge in [0.2, 0.25) is 11.8 Å². The van der Waals surface area contributed by atoms with Crippen molar-refractivity contribution in [3.05, 3.63) is 104 Å². The first-order valence-corrected chi connectivity index (χ1v) is 22.1. The van der Waals surface area contributed by atoms with Gasteiger partial charge in [0.1, 0.15) is 36.3 Å². The van der Waals surface area contributed by atoms with E-state index in [2.05, 4.69) is 10.2 Å². The second kappa shape index (κ2) is 20.6. The fraction of sp³-hybridized carbons (Fsp3) is 0.522. The fourth-order valence-corrected chi connectivity index (χ4v) is 10.3. The van der Waals surface area contributed by atoms with Gasteiger partial charge in [0.05, 0.1) is 46.0 Å². The van der Waals surface area contributed by atoms with E-state index in [-0.39, 0.29) is 75.5 Å². The van der Waals surface area contributed by atoms with Gasteiger partial charge in [-0.05, 0) is 98.2 Å². The number of halogens is 3. The number of carbonyl (C=O) groups is 4. The maximum absolute atomic E-state index is 15.5. The Labute approximate surface area is 379 Å². The zero-order valence-electron chi connectivity index (χ0n) is 36.4. The minimum absolute atomic E-state index is 0.00410. The summed E-state index contributed by atoms with van der Waals surface area (Å²) in [7, 11) is 2.84. The highest BCUT2D eigenvalue weighted by molar-refractivity contribution is 6.32. The molecule has 6 atom stereocenters. The number of methoxy groups -OCH3 is 2. The van der Waals surface area contributed by atoms with E-state index in [0.29, 0.717) is 32.2 Å². The molecule has 3 saturated carbocycles.